The van der Waals surface area contributed by atoms with Gasteiger partial charge in [0.25, 0.3) is 0 Å². The molecule has 0 saturated heterocycles. The molecular weight excluding hydrogens is 380 g/mol. The molecule has 0 aromatic carbocycles. The number of rotatable bonds is 10. The van der Waals surface area contributed by atoms with Crippen LogP contribution in [0.4, 0.5) is 4.79 Å². The summed E-state index contributed by atoms with van der Waals surface area (Å²) in [5.74, 6) is -8.88. The number of carbonyl (C=O) groups excluding carboxylic acids is 1. The van der Waals surface area contributed by atoms with Crippen LogP contribution in [-0.2, 0) is 0 Å². The lowest BCUT2D eigenvalue weighted by Crippen LogP contribution is -2.66. The normalized spacial score (nSPS) is 11.2. The van der Waals surface area contributed by atoms with E-state index in [-0.39, 0.29) is 0 Å². The fraction of sp³-hybridized carbons (Fsp3) is 0.800. The summed E-state index contributed by atoms with van der Waals surface area (Å²) < 4.78 is 0. The van der Waals surface area contributed by atoms with Gasteiger partial charge in [0, 0.05) is 0 Å². The average molecular weight is 386 g/mol. The highest BCUT2D eigenvalue weighted by Gasteiger charge is 2.76. The smallest absolute Gasteiger partial charge is 0.351 e. The van der Waals surface area contributed by atoms with Crippen molar-refractivity contribution in [3.63, 3.8) is 0 Å². The van der Waals surface area contributed by atoms with Gasteiger partial charge in [0.2, 0.25) is 13.1 Å². The van der Waals surface area contributed by atoms with Crippen molar-refractivity contribution in [3.8, 4) is 0 Å². The number of carbonyl (C=O) groups is 1. The van der Waals surface area contributed by atoms with Crippen molar-refractivity contribution >= 4 is 6.03 Å². The van der Waals surface area contributed by atoms with Gasteiger partial charge in [0.05, 0.1) is 0 Å². The zero-order valence-corrected chi connectivity index (χ0v) is 11.9. The van der Waals surface area contributed by atoms with Crippen LogP contribution in [0.15, 0.2) is 0 Å². The van der Waals surface area contributed by atoms with Crippen molar-refractivity contribution in [3.05, 3.63) is 60.7 Å². The molecule has 0 fully saturated rings. The van der Waals surface area contributed by atoms with Crippen molar-refractivity contribution in [2.45, 2.75) is 11.6 Å². The standard InChI is InChI=1S/C5H6N8O13/c6-3(14)7(1-4(8(15)16,9(17)18)10(19)20)2-5(11(21)22,12(23)24)13(25)26/h1-2H2,(H2,6,14). The highest BCUT2D eigenvalue weighted by molar-refractivity contribution is 5.72. The molecule has 0 radical (unpaired) electrons. The Balaban J connectivity index is 6.37. The van der Waals surface area contributed by atoms with Crippen LogP contribution in [0.1, 0.15) is 0 Å². The van der Waals surface area contributed by atoms with Crippen molar-refractivity contribution in [2.75, 3.05) is 13.1 Å². The van der Waals surface area contributed by atoms with Gasteiger partial charge in [-0.1, -0.05) is 0 Å². The number of urea groups is 1. The lowest BCUT2D eigenvalue weighted by Gasteiger charge is -2.20. The van der Waals surface area contributed by atoms with Crippen LogP contribution in [0.25, 0.3) is 0 Å². The van der Waals surface area contributed by atoms with Crippen molar-refractivity contribution in [1.29, 1.82) is 0 Å². The maximum atomic E-state index is 11.2. The van der Waals surface area contributed by atoms with Gasteiger partial charge < -0.3 is 5.73 Å². The molecule has 2 amide bonds. The summed E-state index contributed by atoms with van der Waals surface area (Å²) in [4.78, 5) is 62.5. The summed E-state index contributed by atoms with van der Waals surface area (Å²) in [7, 11) is 0. The van der Waals surface area contributed by atoms with Gasteiger partial charge in [-0.3, -0.25) is 65.6 Å². The van der Waals surface area contributed by atoms with E-state index in [9.17, 15) is 65.5 Å². The summed E-state index contributed by atoms with van der Waals surface area (Å²) in [6.07, 6.45) is 0. The molecule has 0 atom stereocenters. The summed E-state index contributed by atoms with van der Waals surface area (Å²) in [5.41, 5.74) is 4.60. The predicted octanol–water partition coefficient (Wildman–Crippen LogP) is -2.67. The molecule has 0 heterocycles. The van der Waals surface area contributed by atoms with Crippen LogP contribution in [0.3, 0.4) is 0 Å². The molecule has 144 valence electrons. The number of primary amides is 1. The molecule has 0 spiro atoms. The van der Waals surface area contributed by atoms with Gasteiger partial charge in [-0.05, 0) is 0 Å². The third-order valence-electron chi connectivity index (χ3n) is 2.87. The Kier molecular flexibility index (Phi) is 5.88. The zero-order chi connectivity index (χ0) is 21.0. The number of hydrogen-bond donors (Lipinski definition) is 1. The van der Waals surface area contributed by atoms with E-state index in [2.05, 4.69) is 5.73 Å². The molecular formula is C5H6N8O13. The average Bonchev–Trinajstić information content (AvgIpc) is 2.44. The van der Waals surface area contributed by atoms with Crippen molar-refractivity contribution < 1.29 is 34.3 Å². The third-order valence-corrected chi connectivity index (χ3v) is 2.87. The van der Waals surface area contributed by atoms with E-state index < -0.39 is 65.1 Å². The minimum Gasteiger partial charge on any atom is -0.351 e. The second-order valence-corrected chi connectivity index (χ2v) is 4.29. The zero-order valence-electron chi connectivity index (χ0n) is 11.9. The SMILES string of the molecule is NC(=O)N(CC([N+](=O)[O-])([N+](=O)[O-])[N+](=O)[O-])CC([N+](=O)[O-])([N+](=O)[O-])[N+](=O)[O-]. The molecule has 0 aromatic rings. The fourth-order valence-electron chi connectivity index (χ4n) is 1.47. The molecule has 26 heavy (non-hydrogen) atoms. The van der Waals surface area contributed by atoms with E-state index >= 15 is 0 Å². The highest BCUT2D eigenvalue weighted by Crippen LogP contribution is 2.19. The first-order valence-electron chi connectivity index (χ1n) is 5.59. The Morgan fingerprint density at radius 3 is 0.962 bits per heavy atom. The van der Waals surface area contributed by atoms with Crippen molar-refractivity contribution in [2.24, 2.45) is 5.73 Å². The number of amides is 2. The van der Waals surface area contributed by atoms with Crippen LogP contribution in [0.2, 0.25) is 0 Å². The predicted molar refractivity (Wildman–Crippen MR) is 68.6 cm³/mol. The van der Waals surface area contributed by atoms with Gasteiger partial charge in [0.15, 0.2) is 29.5 Å². The van der Waals surface area contributed by atoms with E-state index in [4.69, 9.17) is 0 Å². The van der Waals surface area contributed by atoms with Gasteiger partial charge in [-0.15, -0.1) is 0 Å². The van der Waals surface area contributed by atoms with Crippen LogP contribution >= 0.6 is 0 Å². The number of nitrogens with two attached hydrogens (primary N) is 1. The molecule has 0 aliphatic rings. The van der Waals surface area contributed by atoms with E-state index in [1.807, 2.05) is 0 Å². The van der Waals surface area contributed by atoms with Gasteiger partial charge in [-0.25, -0.2) is 4.79 Å². The first-order valence-corrected chi connectivity index (χ1v) is 5.59. The van der Waals surface area contributed by atoms with Crippen LogP contribution in [0.5, 0.6) is 0 Å². The second kappa shape index (κ2) is 7.05. The van der Waals surface area contributed by atoms with Gasteiger partial charge in [0.1, 0.15) is 0 Å². The Hall–Kier alpha value is -4.33. The van der Waals surface area contributed by atoms with E-state index in [1.165, 1.54) is 0 Å². The number of nitro groups is 6. The molecule has 0 aliphatic carbocycles. The summed E-state index contributed by atoms with van der Waals surface area (Å²) in [6, 6.07) is -2.10. The Morgan fingerprint density at radius 2 is 0.846 bits per heavy atom. The van der Waals surface area contributed by atoms with Crippen LogP contribution in [-0.4, -0.2) is 65.1 Å². The minimum atomic E-state index is -4.44. The Bertz CT molecular complexity index is 577. The lowest BCUT2D eigenvalue weighted by molar-refractivity contribution is -0.974. The number of nitrogens with zero attached hydrogens (tertiary/aromatic N) is 7. The molecule has 21 heteroatoms. The third kappa shape index (κ3) is 3.29. The lowest BCUT2D eigenvalue weighted by atomic mass is 10.3. The molecule has 0 unspecified atom stereocenters. The molecule has 2 N–H and O–H groups in total. The highest BCUT2D eigenvalue weighted by atomic mass is 16.7. The first-order chi connectivity index (χ1) is 11.7. The first kappa shape index (κ1) is 21.7. The monoisotopic (exact) mass is 386 g/mol. The van der Waals surface area contributed by atoms with Gasteiger partial charge >= 0.3 is 17.6 Å². The topological polar surface area (TPSA) is 305 Å². The summed E-state index contributed by atoms with van der Waals surface area (Å²) in [6.45, 7) is -4.54. The molecule has 0 saturated carbocycles. The minimum absolute atomic E-state index is 0.678. The van der Waals surface area contributed by atoms with Crippen LogP contribution < -0.4 is 5.73 Å². The maximum Gasteiger partial charge on any atom is 0.717 e. The largest absolute Gasteiger partial charge is 0.717 e. The van der Waals surface area contributed by atoms with Crippen molar-refractivity contribution in [1.82, 2.24) is 4.90 Å². The van der Waals surface area contributed by atoms with Crippen LogP contribution in [0, 0.1) is 60.7 Å². The van der Waals surface area contributed by atoms with E-state index in [1.54, 1.807) is 0 Å². The molecule has 21 nitrogen and oxygen atoms in total. The maximum absolute atomic E-state index is 11.2. The summed E-state index contributed by atoms with van der Waals surface area (Å²) in [5, 5.41) is 64.6. The second-order valence-electron chi connectivity index (χ2n) is 4.29. The quantitative estimate of drug-likeness (QED) is 0.228. The van der Waals surface area contributed by atoms with Gasteiger partial charge in [-0.2, -0.15) is 0 Å². The van der Waals surface area contributed by atoms with E-state index in [0.717, 1.165) is 0 Å². The fourth-order valence-corrected chi connectivity index (χ4v) is 1.47. The summed E-state index contributed by atoms with van der Waals surface area (Å²) >= 11 is 0. The molecule has 0 rings (SSSR count). The molecule has 0 aliphatic heterocycles. The Morgan fingerprint density at radius 1 is 0.654 bits per heavy atom. The van der Waals surface area contributed by atoms with E-state index in [0.29, 0.717) is 0 Å². The molecule has 0 aromatic heterocycles. The Labute approximate surface area is 137 Å². The molecule has 0 bridgehead atoms. The number of hydrogen-bond acceptors (Lipinski definition) is 13.